The quantitative estimate of drug-likeness (QED) is 0.223. The number of carbonyl (C=O) groups is 2. The third-order valence-corrected chi connectivity index (χ3v) is 10.8. The Labute approximate surface area is 376 Å². The maximum absolute atomic E-state index is 13.1. The Morgan fingerprint density at radius 2 is 0.954 bits per heavy atom. The average Bonchev–Trinajstić information content (AvgIpc) is 4.14. The number of nitrogens with zero attached hydrogens (tertiary/aromatic N) is 16. The van der Waals surface area contributed by atoms with E-state index in [-0.39, 0.29) is 11.8 Å². The van der Waals surface area contributed by atoms with Gasteiger partial charge >= 0.3 is 11.6 Å². The van der Waals surface area contributed by atoms with Crippen LogP contribution in [0.5, 0.6) is 0 Å². The molecule has 2 saturated heterocycles. The van der Waals surface area contributed by atoms with Crippen LogP contribution in [0.4, 0.5) is 23.3 Å². The van der Waals surface area contributed by atoms with Gasteiger partial charge in [-0.05, 0) is 63.3 Å². The van der Waals surface area contributed by atoms with E-state index in [4.69, 9.17) is 18.6 Å². The highest BCUT2D eigenvalue weighted by molar-refractivity contribution is 7.51. The number of anilines is 4. The van der Waals surface area contributed by atoms with Crippen LogP contribution in [-0.2, 0) is 11.6 Å². The van der Waals surface area contributed by atoms with Gasteiger partial charge in [-0.2, -0.15) is 28.0 Å². The Kier molecular flexibility index (Phi) is 13.3. The summed E-state index contributed by atoms with van der Waals surface area (Å²) in [5.41, 5.74) is 3.90. The lowest BCUT2D eigenvalue weighted by molar-refractivity contribution is 0.101. The van der Waals surface area contributed by atoms with Gasteiger partial charge in [0.15, 0.2) is 34.6 Å². The van der Waals surface area contributed by atoms with E-state index in [9.17, 15) is 9.59 Å². The number of likely N-dealkylation sites (N-methyl/N-ethyl adjacent to an activating group) is 2. The summed E-state index contributed by atoms with van der Waals surface area (Å²) >= 11 is -0.750. The minimum absolute atomic E-state index is 0.299. The van der Waals surface area contributed by atoms with Crippen molar-refractivity contribution in [2.24, 2.45) is 0 Å². The molecule has 2 N–H and O–H groups in total. The molecule has 0 atom stereocenters. The number of amides is 2. The molecular formula is C42H46N18O4S. The van der Waals surface area contributed by atoms with E-state index in [1.54, 1.807) is 67.7 Å². The van der Waals surface area contributed by atoms with Crippen molar-refractivity contribution in [1.29, 1.82) is 0 Å². The van der Waals surface area contributed by atoms with Gasteiger partial charge in [-0.1, -0.05) is 12.1 Å². The Morgan fingerprint density at radius 1 is 0.554 bits per heavy atom. The van der Waals surface area contributed by atoms with E-state index >= 15 is 0 Å². The van der Waals surface area contributed by atoms with Crippen LogP contribution in [0.1, 0.15) is 31.8 Å². The molecule has 0 spiro atoms. The van der Waals surface area contributed by atoms with Crippen molar-refractivity contribution in [3.8, 4) is 11.6 Å². The second-order valence-corrected chi connectivity index (χ2v) is 15.6. The maximum atomic E-state index is 13.1. The van der Waals surface area contributed by atoms with Crippen LogP contribution in [-0.4, -0.2) is 155 Å². The zero-order chi connectivity index (χ0) is 45.5. The summed E-state index contributed by atoms with van der Waals surface area (Å²) in [7, 11) is 4.23. The number of nitrogens with one attached hydrogen (secondary N) is 2. The molecule has 334 valence electrons. The van der Waals surface area contributed by atoms with Crippen LogP contribution in [0.15, 0.2) is 98.1 Å². The number of hydrogen-bond donors (Lipinski definition) is 2. The first kappa shape index (κ1) is 43.9. The molecule has 0 aliphatic carbocycles. The first-order chi connectivity index (χ1) is 31.6. The third kappa shape index (κ3) is 10.1. The Bertz CT molecular complexity index is 2750. The first-order valence-corrected chi connectivity index (χ1v) is 21.3. The van der Waals surface area contributed by atoms with Crippen molar-refractivity contribution in [1.82, 2.24) is 68.5 Å². The highest BCUT2D eigenvalue weighted by Crippen LogP contribution is 2.26. The Balaban J connectivity index is 0.000000167. The second-order valence-electron chi connectivity index (χ2n) is 15.4. The standard InChI is InChI=1S/2C21H23N9O.O2S/c2*1-15-4-5-17(23-13-15)30-18(12-19(26-30)28-10-8-27(2)9-11-28)25-21(31)16-14-24-29-7-3-6-22-20(16)29;1-3-2/h2*3-7,12-14H,8-11H2,1-2H3,(H,25,31);. The molecule has 22 nitrogen and oxygen atoms in total. The molecule has 65 heavy (non-hydrogen) atoms. The summed E-state index contributed by atoms with van der Waals surface area (Å²) in [5.74, 6) is 3.39. The molecule has 23 heteroatoms. The van der Waals surface area contributed by atoms with E-state index in [0.717, 1.165) is 75.1 Å². The fraction of sp³-hybridized carbons (Fsp3) is 0.286. The van der Waals surface area contributed by atoms with Crippen molar-refractivity contribution < 1.29 is 18.0 Å². The fourth-order valence-electron chi connectivity index (χ4n) is 7.16. The molecule has 2 aliphatic heterocycles. The second kappa shape index (κ2) is 19.7. The van der Waals surface area contributed by atoms with Gasteiger partial charge < -0.3 is 30.2 Å². The van der Waals surface area contributed by atoms with Crippen molar-refractivity contribution >= 4 is 58.0 Å². The molecule has 10 rings (SSSR count). The normalized spacial score (nSPS) is 14.3. The number of aryl methyl sites for hydroxylation is 2. The summed E-state index contributed by atoms with van der Waals surface area (Å²) in [4.78, 5) is 52.7. The molecule has 0 unspecified atom stereocenters. The zero-order valence-electron chi connectivity index (χ0n) is 36.1. The smallest absolute Gasteiger partial charge is 0.335 e. The number of rotatable bonds is 8. The molecule has 0 radical (unpaired) electrons. The van der Waals surface area contributed by atoms with E-state index in [1.807, 2.05) is 50.2 Å². The highest BCUT2D eigenvalue weighted by atomic mass is 32.1. The molecule has 2 aliphatic rings. The number of piperazine rings is 2. The molecule has 2 fully saturated rings. The zero-order valence-corrected chi connectivity index (χ0v) is 36.9. The number of fused-ring (bicyclic) bond motifs is 2. The monoisotopic (exact) mass is 898 g/mol. The molecule has 0 saturated carbocycles. The summed E-state index contributed by atoms with van der Waals surface area (Å²) in [6.45, 7) is 11.3. The maximum Gasteiger partial charge on any atom is 0.335 e. The summed E-state index contributed by atoms with van der Waals surface area (Å²) in [6, 6.07) is 15.0. The Morgan fingerprint density at radius 3 is 1.32 bits per heavy atom. The molecular weight excluding hydrogens is 853 g/mol. The number of carbonyl (C=O) groups excluding carboxylic acids is 2. The van der Waals surface area contributed by atoms with Gasteiger partial charge in [-0.25, -0.2) is 29.0 Å². The SMILES string of the molecule is Cc1ccc(-n2nc(N3CCN(C)CC3)cc2NC(=O)c2cnn3cccnc23)nc1.Cc1ccc(-n2nc(N3CCN(C)CC3)cc2NC(=O)c2cnn3cccnc23)nc1.O=S=O. The fourth-order valence-corrected chi connectivity index (χ4v) is 7.16. The van der Waals surface area contributed by atoms with E-state index < -0.39 is 11.6 Å². The predicted octanol–water partition coefficient (Wildman–Crippen LogP) is 2.57. The first-order valence-electron chi connectivity index (χ1n) is 20.6. The number of pyridine rings is 2. The molecule has 0 bridgehead atoms. The number of aromatic nitrogens is 12. The molecule has 10 heterocycles. The van der Waals surface area contributed by atoms with Gasteiger partial charge in [0.2, 0.25) is 0 Å². The van der Waals surface area contributed by atoms with Gasteiger partial charge in [0.1, 0.15) is 22.8 Å². The van der Waals surface area contributed by atoms with Gasteiger partial charge in [0.25, 0.3) is 11.8 Å². The van der Waals surface area contributed by atoms with E-state index in [0.29, 0.717) is 45.7 Å². The summed E-state index contributed by atoms with van der Waals surface area (Å²) in [5, 5.41) is 23.9. The van der Waals surface area contributed by atoms with E-state index in [1.165, 1.54) is 12.4 Å². The van der Waals surface area contributed by atoms with Crippen LogP contribution in [0.2, 0.25) is 0 Å². The molecule has 0 aromatic carbocycles. The van der Waals surface area contributed by atoms with Gasteiger partial charge in [-0.3, -0.25) is 9.59 Å². The molecule has 8 aromatic rings. The minimum Gasteiger partial charge on any atom is -0.353 e. The average molecular weight is 899 g/mol. The lowest BCUT2D eigenvalue weighted by Gasteiger charge is -2.32. The van der Waals surface area contributed by atoms with Crippen LogP contribution in [0.25, 0.3) is 22.9 Å². The van der Waals surface area contributed by atoms with Gasteiger partial charge in [0, 0.05) is 102 Å². The summed E-state index contributed by atoms with van der Waals surface area (Å²) < 4.78 is 23.1. The third-order valence-electron chi connectivity index (χ3n) is 10.8. The van der Waals surface area contributed by atoms with Crippen molar-refractivity contribution in [3.63, 3.8) is 0 Å². The molecule has 2 amide bonds. The van der Waals surface area contributed by atoms with E-state index in [2.05, 4.69) is 74.5 Å². The topological polar surface area (TPSA) is 227 Å². The van der Waals surface area contributed by atoms with Crippen molar-refractivity contribution in [3.05, 3.63) is 120 Å². The highest BCUT2D eigenvalue weighted by Gasteiger charge is 2.24. The molecule has 8 aromatic heterocycles. The summed E-state index contributed by atoms with van der Waals surface area (Å²) in [6.07, 6.45) is 13.4. The minimum atomic E-state index is -0.750. The van der Waals surface area contributed by atoms with Gasteiger partial charge in [0.05, 0.1) is 12.4 Å². The van der Waals surface area contributed by atoms with Crippen LogP contribution >= 0.6 is 0 Å². The van der Waals surface area contributed by atoms with Crippen LogP contribution in [0, 0.1) is 13.8 Å². The van der Waals surface area contributed by atoms with Gasteiger partial charge in [-0.15, -0.1) is 10.2 Å². The Hall–Kier alpha value is -7.76. The number of hydrogen-bond acceptors (Lipinski definition) is 16. The lowest BCUT2D eigenvalue weighted by atomic mass is 10.3. The van der Waals surface area contributed by atoms with Crippen LogP contribution in [0.3, 0.4) is 0 Å². The predicted molar refractivity (Wildman–Crippen MR) is 242 cm³/mol. The van der Waals surface area contributed by atoms with Crippen molar-refractivity contribution in [2.75, 3.05) is 86.9 Å². The largest absolute Gasteiger partial charge is 0.353 e. The lowest BCUT2D eigenvalue weighted by Crippen LogP contribution is -2.44. The van der Waals surface area contributed by atoms with Crippen molar-refractivity contribution in [2.45, 2.75) is 13.8 Å². The van der Waals surface area contributed by atoms with Crippen LogP contribution < -0.4 is 20.4 Å².